The SMILES string of the molecule is Cc1cc(Br)ccc1-c1cc(C(C)(C)O)nn1-c1c(Cl)cccc1Cl. The molecule has 3 nitrogen and oxygen atoms in total. The molecule has 0 aliphatic heterocycles. The predicted molar refractivity (Wildman–Crippen MR) is 107 cm³/mol. The van der Waals surface area contributed by atoms with Gasteiger partial charge in [0.15, 0.2) is 0 Å². The maximum atomic E-state index is 10.4. The van der Waals surface area contributed by atoms with Crippen molar-refractivity contribution in [3.8, 4) is 16.9 Å². The number of aromatic nitrogens is 2. The average molecular weight is 440 g/mol. The highest BCUT2D eigenvalue weighted by Gasteiger charge is 2.25. The van der Waals surface area contributed by atoms with Crippen molar-refractivity contribution in [2.45, 2.75) is 26.4 Å². The fraction of sp³-hybridized carbons (Fsp3) is 0.211. The van der Waals surface area contributed by atoms with Gasteiger partial charge in [-0.3, -0.25) is 0 Å². The molecule has 130 valence electrons. The molecule has 0 atom stereocenters. The Kier molecular flexibility index (Phi) is 5.00. The highest BCUT2D eigenvalue weighted by Crippen LogP contribution is 2.36. The van der Waals surface area contributed by atoms with E-state index in [-0.39, 0.29) is 0 Å². The van der Waals surface area contributed by atoms with Gasteiger partial charge in [-0.1, -0.05) is 51.3 Å². The van der Waals surface area contributed by atoms with E-state index in [9.17, 15) is 5.11 Å². The summed E-state index contributed by atoms with van der Waals surface area (Å²) in [6.45, 7) is 5.42. The molecule has 0 bridgehead atoms. The van der Waals surface area contributed by atoms with Gasteiger partial charge >= 0.3 is 0 Å². The lowest BCUT2D eigenvalue weighted by Crippen LogP contribution is -2.16. The van der Waals surface area contributed by atoms with Crippen LogP contribution in [-0.2, 0) is 5.60 Å². The molecule has 1 aromatic heterocycles. The molecule has 0 spiro atoms. The monoisotopic (exact) mass is 438 g/mol. The summed E-state index contributed by atoms with van der Waals surface area (Å²) in [5, 5.41) is 16.0. The van der Waals surface area contributed by atoms with E-state index in [0.29, 0.717) is 21.4 Å². The molecule has 1 N–H and O–H groups in total. The molecule has 6 heteroatoms. The second kappa shape index (κ2) is 6.76. The van der Waals surface area contributed by atoms with Crippen LogP contribution < -0.4 is 0 Å². The zero-order valence-electron chi connectivity index (χ0n) is 14.0. The van der Waals surface area contributed by atoms with Gasteiger partial charge in [0.2, 0.25) is 0 Å². The first kappa shape index (κ1) is 18.5. The van der Waals surface area contributed by atoms with Gasteiger partial charge in [0, 0.05) is 10.0 Å². The molecule has 0 amide bonds. The van der Waals surface area contributed by atoms with E-state index < -0.39 is 5.60 Å². The Balaban J connectivity index is 2.33. The number of aryl methyl sites for hydroxylation is 1. The number of aliphatic hydroxyl groups is 1. The van der Waals surface area contributed by atoms with E-state index in [4.69, 9.17) is 23.2 Å². The highest BCUT2D eigenvalue weighted by atomic mass is 79.9. The predicted octanol–water partition coefficient (Wildman–Crippen LogP) is 6.14. The van der Waals surface area contributed by atoms with Gasteiger partial charge in [0.05, 0.1) is 21.4 Å². The van der Waals surface area contributed by atoms with Crippen LogP contribution >= 0.6 is 39.1 Å². The van der Waals surface area contributed by atoms with Gasteiger partial charge in [0.25, 0.3) is 0 Å². The molecule has 0 aliphatic rings. The van der Waals surface area contributed by atoms with Crippen molar-refractivity contribution in [1.29, 1.82) is 0 Å². The van der Waals surface area contributed by atoms with Crippen LogP contribution in [0.5, 0.6) is 0 Å². The van der Waals surface area contributed by atoms with E-state index >= 15 is 0 Å². The van der Waals surface area contributed by atoms with Gasteiger partial charge in [0.1, 0.15) is 11.3 Å². The summed E-state index contributed by atoms with van der Waals surface area (Å²) in [5.41, 5.74) is 2.93. The third-order valence-electron chi connectivity index (χ3n) is 3.95. The van der Waals surface area contributed by atoms with E-state index in [0.717, 1.165) is 21.3 Å². The zero-order valence-corrected chi connectivity index (χ0v) is 17.1. The van der Waals surface area contributed by atoms with Crippen molar-refractivity contribution in [3.63, 3.8) is 0 Å². The van der Waals surface area contributed by atoms with Crippen molar-refractivity contribution in [3.05, 3.63) is 68.2 Å². The molecule has 0 saturated heterocycles. The smallest absolute Gasteiger partial charge is 0.103 e. The molecule has 2 aromatic carbocycles. The van der Waals surface area contributed by atoms with Crippen LogP contribution in [0.4, 0.5) is 0 Å². The molecule has 0 aliphatic carbocycles. The molecule has 0 saturated carbocycles. The summed E-state index contributed by atoms with van der Waals surface area (Å²) in [6.07, 6.45) is 0. The van der Waals surface area contributed by atoms with Gasteiger partial charge in [-0.25, -0.2) is 4.68 Å². The third kappa shape index (κ3) is 3.63. The van der Waals surface area contributed by atoms with E-state index in [1.807, 2.05) is 31.2 Å². The quantitative estimate of drug-likeness (QED) is 0.531. The van der Waals surface area contributed by atoms with E-state index in [1.165, 1.54) is 0 Å². The Morgan fingerprint density at radius 2 is 1.72 bits per heavy atom. The molecule has 0 unspecified atom stereocenters. The standard InChI is InChI=1S/C19H17BrCl2N2O/c1-11-9-12(20)7-8-13(11)16-10-17(19(2,3)25)23-24(16)18-14(21)5-4-6-15(18)22/h4-10,25H,1-3H3. The number of para-hydroxylation sites is 1. The van der Waals surface area contributed by atoms with E-state index in [1.54, 1.807) is 36.7 Å². The van der Waals surface area contributed by atoms with Crippen LogP contribution in [0.25, 0.3) is 16.9 Å². The molecule has 25 heavy (non-hydrogen) atoms. The molecular weight excluding hydrogens is 423 g/mol. The second-order valence-electron chi connectivity index (χ2n) is 6.42. The van der Waals surface area contributed by atoms with Crippen LogP contribution in [0, 0.1) is 6.92 Å². The fourth-order valence-corrected chi connectivity index (χ4v) is 3.68. The first-order chi connectivity index (χ1) is 11.7. The van der Waals surface area contributed by atoms with Crippen LogP contribution in [0.3, 0.4) is 0 Å². The fourth-order valence-electron chi connectivity index (χ4n) is 2.65. The molecule has 0 radical (unpaired) electrons. The zero-order chi connectivity index (χ0) is 18.4. The van der Waals surface area contributed by atoms with Gasteiger partial charge < -0.3 is 5.11 Å². The van der Waals surface area contributed by atoms with Crippen molar-refractivity contribution in [2.75, 3.05) is 0 Å². The number of benzene rings is 2. The number of rotatable bonds is 3. The summed E-state index contributed by atoms with van der Waals surface area (Å²) < 4.78 is 2.70. The first-order valence-corrected chi connectivity index (χ1v) is 9.27. The van der Waals surface area contributed by atoms with Gasteiger partial charge in [-0.05, 0) is 56.7 Å². The minimum atomic E-state index is -1.09. The Bertz CT molecular complexity index is 925. The molecule has 1 heterocycles. The van der Waals surface area contributed by atoms with Crippen LogP contribution in [0.15, 0.2) is 46.9 Å². The summed E-state index contributed by atoms with van der Waals surface area (Å²) in [7, 11) is 0. The minimum absolute atomic E-state index is 0.494. The van der Waals surface area contributed by atoms with Crippen molar-refractivity contribution in [1.82, 2.24) is 9.78 Å². The third-order valence-corrected chi connectivity index (χ3v) is 5.05. The summed E-state index contributed by atoms with van der Waals surface area (Å²) >= 11 is 16.3. The maximum absolute atomic E-state index is 10.4. The van der Waals surface area contributed by atoms with Gasteiger partial charge in [-0.15, -0.1) is 0 Å². The summed E-state index contributed by atoms with van der Waals surface area (Å²) in [4.78, 5) is 0. The molecule has 3 aromatic rings. The average Bonchev–Trinajstić information content (AvgIpc) is 2.92. The van der Waals surface area contributed by atoms with Crippen molar-refractivity contribution >= 4 is 39.1 Å². The molecule has 3 rings (SSSR count). The first-order valence-electron chi connectivity index (χ1n) is 7.72. The van der Waals surface area contributed by atoms with Crippen LogP contribution in [0.2, 0.25) is 10.0 Å². The second-order valence-corrected chi connectivity index (χ2v) is 8.15. The molecular formula is C19H17BrCl2N2O. The Labute approximate surface area is 165 Å². The number of hydrogen-bond acceptors (Lipinski definition) is 2. The number of halogens is 3. The van der Waals surface area contributed by atoms with Gasteiger partial charge in [-0.2, -0.15) is 5.10 Å². The molecule has 0 fully saturated rings. The number of nitrogens with zero attached hydrogens (tertiary/aromatic N) is 2. The Morgan fingerprint density at radius 3 is 2.28 bits per heavy atom. The number of hydrogen-bond donors (Lipinski definition) is 1. The van der Waals surface area contributed by atoms with Crippen LogP contribution in [0.1, 0.15) is 25.1 Å². The topological polar surface area (TPSA) is 38.1 Å². The largest absolute Gasteiger partial charge is 0.384 e. The Hall–Kier alpha value is -1.33. The van der Waals surface area contributed by atoms with Crippen LogP contribution in [-0.4, -0.2) is 14.9 Å². The normalized spacial score (nSPS) is 11.8. The highest BCUT2D eigenvalue weighted by molar-refractivity contribution is 9.10. The van der Waals surface area contributed by atoms with Crippen molar-refractivity contribution in [2.24, 2.45) is 0 Å². The maximum Gasteiger partial charge on any atom is 0.103 e. The Morgan fingerprint density at radius 1 is 1.08 bits per heavy atom. The summed E-state index contributed by atoms with van der Waals surface area (Å²) in [5.74, 6) is 0. The lowest BCUT2D eigenvalue weighted by atomic mass is 10.0. The van der Waals surface area contributed by atoms with E-state index in [2.05, 4.69) is 21.0 Å². The minimum Gasteiger partial charge on any atom is -0.384 e. The summed E-state index contributed by atoms with van der Waals surface area (Å²) in [6, 6.07) is 13.2. The van der Waals surface area contributed by atoms with Crippen molar-refractivity contribution < 1.29 is 5.11 Å². The lowest BCUT2D eigenvalue weighted by molar-refractivity contribution is 0.0734. The lowest BCUT2D eigenvalue weighted by Gasteiger charge is -2.14.